The number of methoxy groups -OCH3 is 5. The first-order valence-corrected chi connectivity index (χ1v) is 8.95. The average molecular weight is 401 g/mol. The van der Waals surface area contributed by atoms with Crippen LogP contribution in [0.2, 0.25) is 0 Å². The average Bonchev–Trinajstić information content (AvgIpc) is 2.76. The second kappa shape index (κ2) is 10.3. The Morgan fingerprint density at radius 3 is 2.00 bits per heavy atom. The lowest BCUT2D eigenvalue weighted by Gasteiger charge is -2.16. The number of amides is 1. The molecule has 0 unspecified atom stereocenters. The Labute approximate surface area is 171 Å². The summed E-state index contributed by atoms with van der Waals surface area (Å²) >= 11 is 0. The minimum atomic E-state index is -0.256. The highest BCUT2D eigenvalue weighted by Gasteiger charge is 2.17. The van der Waals surface area contributed by atoms with Crippen molar-refractivity contribution in [3.05, 3.63) is 53.6 Å². The summed E-state index contributed by atoms with van der Waals surface area (Å²) in [4.78, 5) is 12.8. The molecule has 7 heteroatoms. The van der Waals surface area contributed by atoms with Crippen LogP contribution in [-0.2, 0) is 13.0 Å². The van der Waals surface area contributed by atoms with E-state index in [0.717, 1.165) is 11.1 Å². The van der Waals surface area contributed by atoms with E-state index in [1.54, 1.807) is 58.8 Å². The van der Waals surface area contributed by atoms with Crippen LogP contribution in [0.5, 0.6) is 28.7 Å². The monoisotopic (exact) mass is 401 g/mol. The fraction of sp³-hybridized carbons (Fsp3) is 0.318. The second-order valence-corrected chi connectivity index (χ2v) is 6.07. The smallest absolute Gasteiger partial charge is 0.251 e. The highest BCUT2D eigenvalue weighted by molar-refractivity contribution is 5.95. The molecule has 0 bridgehead atoms. The van der Waals surface area contributed by atoms with E-state index in [1.807, 2.05) is 0 Å². The largest absolute Gasteiger partial charge is 0.496 e. The number of ether oxygens (including phenoxy) is 5. The van der Waals surface area contributed by atoms with Gasteiger partial charge in [-0.15, -0.1) is 6.58 Å². The van der Waals surface area contributed by atoms with Crippen LogP contribution in [0, 0.1) is 0 Å². The van der Waals surface area contributed by atoms with E-state index >= 15 is 0 Å². The van der Waals surface area contributed by atoms with Crippen molar-refractivity contribution in [2.24, 2.45) is 0 Å². The highest BCUT2D eigenvalue weighted by atomic mass is 16.5. The Balaban J connectivity index is 2.29. The van der Waals surface area contributed by atoms with Crippen molar-refractivity contribution in [1.82, 2.24) is 5.32 Å². The molecule has 0 spiro atoms. The van der Waals surface area contributed by atoms with E-state index in [-0.39, 0.29) is 12.5 Å². The van der Waals surface area contributed by atoms with E-state index in [4.69, 9.17) is 23.7 Å². The number of nitrogens with one attached hydrogen (secondary N) is 1. The zero-order valence-corrected chi connectivity index (χ0v) is 17.5. The van der Waals surface area contributed by atoms with Crippen molar-refractivity contribution in [2.45, 2.75) is 13.0 Å². The predicted molar refractivity (Wildman–Crippen MR) is 111 cm³/mol. The molecule has 0 heterocycles. The van der Waals surface area contributed by atoms with Gasteiger partial charge in [-0.2, -0.15) is 0 Å². The summed E-state index contributed by atoms with van der Waals surface area (Å²) in [6, 6.07) is 6.91. The van der Waals surface area contributed by atoms with Crippen molar-refractivity contribution in [1.29, 1.82) is 0 Å². The van der Waals surface area contributed by atoms with Crippen molar-refractivity contribution in [3.63, 3.8) is 0 Å². The van der Waals surface area contributed by atoms with Gasteiger partial charge in [0.1, 0.15) is 5.75 Å². The van der Waals surface area contributed by atoms with E-state index in [2.05, 4.69) is 11.9 Å². The van der Waals surface area contributed by atoms with Crippen LogP contribution >= 0.6 is 0 Å². The first-order valence-electron chi connectivity index (χ1n) is 8.95. The molecule has 2 aromatic carbocycles. The molecule has 0 aromatic heterocycles. The molecule has 0 radical (unpaired) electrons. The molecule has 0 aliphatic heterocycles. The maximum Gasteiger partial charge on any atom is 0.251 e. The quantitative estimate of drug-likeness (QED) is 0.615. The summed E-state index contributed by atoms with van der Waals surface area (Å²) in [5.41, 5.74) is 2.03. The standard InChI is InChI=1S/C22H27NO6/c1-7-8-14-9-15(10-20(28-5)21(14)29-6)22(24)23-13-16-11-18(26-3)19(27-4)12-17(16)25-2/h7,9-12H,1,8,13H2,2-6H3,(H,23,24). The van der Waals surface area contributed by atoms with E-state index in [0.29, 0.717) is 40.7 Å². The molecule has 0 fully saturated rings. The summed E-state index contributed by atoms with van der Waals surface area (Å²) in [5.74, 6) is 2.51. The van der Waals surface area contributed by atoms with Crippen molar-refractivity contribution in [3.8, 4) is 28.7 Å². The first-order chi connectivity index (χ1) is 14.0. The molecule has 2 aromatic rings. The Morgan fingerprint density at radius 1 is 0.828 bits per heavy atom. The molecule has 2 rings (SSSR count). The van der Waals surface area contributed by atoms with Crippen LogP contribution in [0.3, 0.4) is 0 Å². The van der Waals surface area contributed by atoms with Gasteiger partial charge in [0.15, 0.2) is 23.0 Å². The van der Waals surface area contributed by atoms with Crippen LogP contribution in [0.25, 0.3) is 0 Å². The lowest BCUT2D eigenvalue weighted by molar-refractivity contribution is 0.0950. The van der Waals surface area contributed by atoms with Gasteiger partial charge in [0.25, 0.3) is 5.91 Å². The van der Waals surface area contributed by atoms with Gasteiger partial charge in [0.05, 0.1) is 35.5 Å². The normalized spacial score (nSPS) is 10.1. The Hall–Kier alpha value is -3.35. The van der Waals surface area contributed by atoms with Crippen LogP contribution in [0.15, 0.2) is 36.9 Å². The zero-order valence-electron chi connectivity index (χ0n) is 17.5. The Morgan fingerprint density at radius 2 is 1.45 bits per heavy atom. The number of carbonyl (C=O) groups excluding carboxylic acids is 1. The minimum absolute atomic E-state index is 0.244. The van der Waals surface area contributed by atoms with Gasteiger partial charge >= 0.3 is 0 Å². The van der Waals surface area contributed by atoms with Gasteiger partial charge in [-0.3, -0.25) is 4.79 Å². The summed E-state index contributed by atoms with van der Waals surface area (Å²) in [7, 11) is 7.76. The molecule has 0 saturated heterocycles. The van der Waals surface area contributed by atoms with E-state index in [9.17, 15) is 4.79 Å². The Kier molecular flexibility index (Phi) is 7.77. The molecule has 0 aliphatic carbocycles. The van der Waals surface area contributed by atoms with Crippen molar-refractivity contribution < 1.29 is 28.5 Å². The molecule has 0 saturated carbocycles. The van der Waals surface area contributed by atoms with Crippen LogP contribution in [0.1, 0.15) is 21.5 Å². The van der Waals surface area contributed by atoms with Gasteiger partial charge in [0, 0.05) is 29.3 Å². The summed E-state index contributed by atoms with van der Waals surface area (Å²) in [6.07, 6.45) is 2.29. The second-order valence-electron chi connectivity index (χ2n) is 6.07. The fourth-order valence-corrected chi connectivity index (χ4v) is 2.99. The summed E-state index contributed by atoms with van der Waals surface area (Å²) in [5, 5.41) is 2.90. The molecule has 29 heavy (non-hydrogen) atoms. The minimum Gasteiger partial charge on any atom is -0.496 e. The molecule has 1 N–H and O–H groups in total. The van der Waals surface area contributed by atoms with Gasteiger partial charge in [-0.25, -0.2) is 0 Å². The van der Waals surface area contributed by atoms with Crippen molar-refractivity contribution >= 4 is 5.91 Å². The number of hydrogen-bond donors (Lipinski definition) is 1. The third-order valence-corrected chi connectivity index (χ3v) is 4.41. The maximum atomic E-state index is 12.8. The SMILES string of the molecule is C=CCc1cc(C(=O)NCc2cc(OC)c(OC)cc2OC)cc(OC)c1OC. The molecule has 7 nitrogen and oxygen atoms in total. The van der Waals surface area contributed by atoms with Gasteiger partial charge < -0.3 is 29.0 Å². The van der Waals surface area contributed by atoms with Gasteiger partial charge in [-0.1, -0.05) is 6.08 Å². The number of carbonyl (C=O) groups is 1. The third kappa shape index (κ3) is 4.93. The van der Waals surface area contributed by atoms with Crippen LogP contribution < -0.4 is 29.0 Å². The number of benzene rings is 2. The fourth-order valence-electron chi connectivity index (χ4n) is 2.99. The highest BCUT2D eigenvalue weighted by Crippen LogP contribution is 2.35. The lowest BCUT2D eigenvalue weighted by Crippen LogP contribution is -2.23. The molecule has 0 atom stereocenters. The predicted octanol–water partition coefficient (Wildman–Crippen LogP) is 3.39. The molecule has 156 valence electrons. The van der Waals surface area contributed by atoms with E-state index < -0.39 is 0 Å². The van der Waals surface area contributed by atoms with Gasteiger partial charge in [-0.05, 0) is 24.6 Å². The summed E-state index contributed by atoms with van der Waals surface area (Å²) < 4.78 is 26.8. The molecular formula is C22H27NO6. The third-order valence-electron chi connectivity index (χ3n) is 4.41. The first kappa shape index (κ1) is 21.9. The number of hydrogen-bond acceptors (Lipinski definition) is 6. The Bertz CT molecular complexity index is 878. The number of rotatable bonds is 10. The molecular weight excluding hydrogens is 374 g/mol. The lowest BCUT2D eigenvalue weighted by atomic mass is 10.0. The van der Waals surface area contributed by atoms with Crippen molar-refractivity contribution in [2.75, 3.05) is 35.5 Å². The van der Waals surface area contributed by atoms with Crippen LogP contribution in [-0.4, -0.2) is 41.5 Å². The topological polar surface area (TPSA) is 75.3 Å². The maximum absolute atomic E-state index is 12.8. The van der Waals surface area contributed by atoms with Crippen LogP contribution in [0.4, 0.5) is 0 Å². The zero-order chi connectivity index (χ0) is 21.4. The van der Waals surface area contributed by atoms with Gasteiger partial charge in [0.2, 0.25) is 0 Å². The summed E-state index contributed by atoms with van der Waals surface area (Å²) in [6.45, 7) is 4.00. The number of allylic oxidation sites excluding steroid dienone is 1. The molecule has 0 aliphatic rings. The molecule has 1 amide bonds. The van der Waals surface area contributed by atoms with E-state index in [1.165, 1.54) is 7.11 Å².